The van der Waals surface area contributed by atoms with Crippen molar-refractivity contribution in [3.05, 3.63) is 0 Å². The van der Waals surface area contributed by atoms with Gasteiger partial charge in [-0.1, -0.05) is 0 Å². The summed E-state index contributed by atoms with van der Waals surface area (Å²) in [5.41, 5.74) is 2.25. The zero-order valence-corrected chi connectivity index (χ0v) is 6.78. The van der Waals surface area contributed by atoms with Gasteiger partial charge in [0, 0.05) is 20.0 Å². The predicted octanol–water partition coefficient (Wildman–Crippen LogP) is -0.446. The molecule has 1 saturated heterocycles. The van der Waals surface area contributed by atoms with Crippen LogP contribution in [0.4, 0.5) is 4.79 Å². The fraction of sp³-hybridized carbons (Fsp3) is 0.667. The highest BCUT2D eigenvalue weighted by Gasteiger charge is 2.22. The second-order valence-corrected chi connectivity index (χ2v) is 2.59. The Morgan fingerprint density at radius 2 is 2.42 bits per heavy atom. The minimum Gasteiger partial charge on any atom is -0.285 e. The van der Waals surface area contributed by atoms with Crippen molar-refractivity contribution in [2.45, 2.75) is 12.8 Å². The first-order valence-corrected chi connectivity index (χ1v) is 3.65. The van der Waals surface area contributed by atoms with Crippen LogP contribution in [0.15, 0.2) is 0 Å². The van der Waals surface area contributed by atoms with Crippen molar-refractivity contribution < 1.29 is 14.8 Å². The molecule has 2 N–H and O–H groups in total. The molecule has 0 unspecified atom stereocenters. The third-order valence-electron chi connectivity index (χ3n) is 1.60. The molecule has 0 radical (unpaired) electrons. The monoisotopic (exact) mass is 173 g/mol. The van der Waals surface area contributed by atoms with Gasteiger partial charge in [-0.25, -0.2) is 15.3 Å². The average Bonchev–Trinajstić information content (AvgIpc) is 2.36. The van der Waals surface area contributed by atoms with Crippen molar-refractivity contribution in [1.82, 2.24) is 15.5 Å². The highest BCUT2D eigenvalue weighted by Crippen LogP contribution is 2.05. The molecular weight excluding hydrogens is 162 g/mol. The van der Waals surface area contributed by atoms with Gasteiger partial charge in [0.05, 0.1) is 0 Å². The van der Waals surface area contributed by atoms with Crippen LogP contribution in [0.5, 0.6) is 0 Å². The number of hydrazine groups is 1. The lowest BCUT2D eigenvalue weighted by atomic mass is 10.4. The molecule has 0 atom stereocenters. The summed E-state index contributed by atoms with van der Waals surface area (Å²) in [6.07, 6.45) is 1.20. The highest BCUT2D eigenvalue weighted by atomic mass is 16.5. The van der Waals surface area contributed by atoms with Crippen LogP contribution in [0, 0.1) is 0 Å². The van der Waals surface area contributed by atoms with E-state index in [0.29, 0.717) is 18.0 Å². The van der Waals surface area contributed by atoms with Gasteiger partial charge in [-0.2, -0.15) is 0 Å². The summed E-state index contributed by atoms with van der Waals surface area (Å²) in [5.74, 6) is -0.120. The summed E-state index contributed by atoms with van der Waals surface area (Å²) in [7, 11) is 1.19. The number of nitrogens with one attached hydrogen (secondary N) is 1. The lowest BCUT2D eigenvalue weighted by molar-refractivity contribution is -0.130. The van der Waals surface area contributed by atoms with E-state index in [9.17, 15) is 9.59 Å². The summed E-state index contributed by atoms with van der Waals surface area (Å²) in [5, 5.41) is 10.2. The predicted molar refractivity (Wildman–Crippen MR) is 39.0 cm³/mol. The molecule has 3 amide bonds. The van der Waals surface area contributed by atoms with Gasteiger partial charge in [0.2, 0.25) is 5.91 Å². The third-order valence-corrected chi connectivity index (χ3v) is 1.60. The number of nitrogens with zero attached hydrogens (tertiary/aromatic N) is 2. The van der Waals surface area contributed by atoms with Gasteiger partial charge in [-0.3, -0.25) is 15.0 Å². The van der Waals surface area contributed by atoms with Crippen LogP contribution in [0.25, 0.3) is 0 Å². The van der Waals surface area contributed by atoms with Gasteiger partial charge in [0.25, 0.3) is 0 Å². The Hall–Kier alpha value is -1.30. The Balaban J connectivity index is 2.40. The van der Waals surface area contributed by atoms with E-state index in [4.69, 9.17) is 5.21 Å². The molecule has 68 valence electrons. The fourth-order valence-corrected chi connectivity index (χ4v) is 0.954. The Labute approximate surface area is 69.7 Å². The number of hydroxylamine groups is 2. The van der Waals surface area contributed by atoms with Crippen molar-refractivity contribution in [3.63, 3.8) is 0 Å². The van der Waals surface area contributed by atoms with E-state index in [-0.39, 0.29) is 5.91 Å². The topological polar surface area (TPSA) is 72.9 Å². The summed E-state index contributed by atoms with van der Waals surface area (Å²) in [6, 6.07) is -0.703. The summed E-state index contributed by atoms with van der Waals surface area (Å²) in [6.45, 7) is 0.512. The number of rotatable bonds is 1. The molecule has 0 aromatic heterocycles. The third kappa shape index (κ3) is 1.85. The molecule has 0 aromatic rings. The molecular formula is C6H11N3O3. The quantitative estimate of drug-likeness (QED) is 0.417. The van der Waals surface area contributed by atoms with E-state index in [1.165, 1.54) is 12.1 Å². The Bertz CT molecular complexity index is 204. The van der Waals surface area contributed by atoms with Crippen LogP contribution in [-0.4, -0.2) is 40.8 Å². The van der Waals surface area contributed by atoms with Crippen LogP contribution in [0.3, 0.4) is 0 Å². The van der Waals surface area contributed by atoms with Crippen molar-refractivity contribution in [2.75, 3.05) is 13.6 Å². The minimum absolute atomic E-state index is 0.120. The number of carbonyl (C=O) groups excluding carboxylic acids is 2. The van der Waals surface area contributed by atoms with E-state index >= 15 is 0 Å². The zero-order valence-electron chi connectivity index (χ0n) is 6.78. The van der Waals surface area contributed by atoms with E-state index in [1.807, 2.05) is 0 Å². The van der Waals surface area contributed by atoms with Crippen LogP contribution >= 0.6 is 0 Å². The van der Waals surface area contributed by atoms with Crippen LogP contribution in [-0.2, 0) is 4.79 Å². The lowest BCUT2D eigenvalue weighted by Crippen LogP contribution is -2.47. The van der Waals surface area contributed by atoms with Gasteiger partial charge in [-0.05, 0) is 6.42 Å². The average molecular weight is 173 g/mol. The molecule has 1 aliphatic heterocycles. The first-order valence-electron chi connectivity index (χ1n) is 3.65. The van der Waals surface area contributed by atoms with E-state index in [2.05, 4.69) is 5.43 Å². The normalized spacial score (nSPS) is 16.5. The van der Waals surface area contributed by atoms with E-state index < -0.39 is 6.03 Å². The number of hydrogen-bond acceptors (Lipinski definition) is 3. The molecule has 0 aliphatic carbocycles. The Morgan fingerprint density at radius 1 is 1.75 bits per heavy atom. The molecule has 1 heterocycles. The minimum atomic E-state index is -0.703. The molecule has 0 bridgehead atoms. The summed E-state index contributed by atoms with van der Waals surface area (Å²) < 4.78 is 0. The summed E-state index contributed by atoms with van der Waals surface area (Å²) in [4.78, 5) is 21.8. The first-order chi connectivity index (χ1) is 5.61. The second kappa shape index (κ2) is 3.40. The molecule has 12 heavy (non-hydrogen) atoms. The molecule has 0 aromatic carbocycles. The number of hydrogen-bond donors (Lipinski definition) is 2. The second-order valence-electron chi connectivity index (χ2n) is 2.59. The standard InChI is InChI=1S/C6H11N3O3/c1-8(12)6(11)7-9-4-2-3-5(9)10/h12H,2-4H2,1H3,(H,7,11). The first kappa shape index (κ1) is 8.79. The zero-order chi connectivity index (χ0) is 9.14. The molecule has 1 fully saturated rings. The largest absolute Gasteiger partial charge is 0.359 e. The lowest BCUT2D eigenvalue weighted by Gasteiger charge is -2.18. The van der Waals surface area contributed by atoms with E-state index in [0.717, 1.165) is 6.42 Å². The number of amides is 3. The maximum absolute atomic E-state index is 10.9. The molecule has 6 nitrogen and oxygen atoms in total. The molecule has 0 saturated carbocycles. The Morgan fingerprint density at radius 3 is 2.83 bits per heavy atom. The Kier molecular flexibility index (Phi) is 2.49. The van der Waals surface area contributed by atoms with Gasteiger partial charge in [0.1, 0.15) is 0 Å². The van der Waals surface area contributed by atoms with Crippen molar-refractivity contribution in [3.8, 4) is 0 Å². The van der Waals surface area contributed by atoms with Gasteiger partial charge >= 0.3 is 6.03 Å². The smallest absolute Gasteiger partial charge is 0.285 e. The maximum atomic E-state index is 10.9. The van der Waals surface area contributed by atoms with Crippen LogP contribution < -0.4 is 5.43 Å². The number of carbonyl (C=O) groups is 2. The molecule has 6 heteroatoms. The van der Waals surface area contributed by atoms with Gasteiger partial charge < -0.3 is 0 Å². The molecule has 0 spiro atoms. The van der Waals surface area contributed by atoms with E-state index in [1.54, 1.807) is 0 Å². The number of urea groups is 1. The van der Waals surface area contributed by atoms with Crippen molar-refractivity contribution in [1.29, 1.82) is 0 Å². The SMILES string of the molecule is CN(O)C(=O)NN1CCCC1=O. The highest BCUT2D eigenvalue weighted by molar-refractivity contribution is 5.82. The fourth-order valence-electron chi connectivity index (χ4n) is 0.954. The van der Waals surface area contributed by atoms with Crippen molar-refractivity contribution in [2.24, 2.45) is 0 Å². The van der Waals surface area contributed by atoms with Crippen LogP contribution in [0.2, 0.25) is 0 Å². The van der Waals surface area contributed by atoms with Gasteiger partial charge in [-0.15, -0.1) is 0 Å². The molecule has 1 aliphatic rings. The maximum Gasteiger partial charge on any atom is 0.359 e. The van der Waals surface area contributed by atoms with Crippen LogP contribution in [0.1, 0.15) is 12.8 Å². The summed E-state index contributed by atoms with van der Waals surface area (Å²) >= 11 is 0. The van der Waals surface area contributed by atoms with Gasteiger partial charge in [0.15, 0.2) is 0 Å². The molecule has 1 rings (SSSR count). The van der Waals surface area contributed by atoms with Crippen molar-refractivity contribution >= 4 is 11.9 Å².